The number of nitrogens with two attached hydrogens (primary N) is 1. The fourth-order valence-corrected chi connectivity index (χ4v) is 2.69. The van der Waals surface area contributed by atoms with E-state index in [4.69, 9.17) is 10.5 Å². The van der Waals surface area contributed by atoms with Crippen LogP contribution in [0.2, 0.25) is 0 Å². The summed E-state index contributed by atoms with van der Waals surface area (Å²) in [6.45, 7) is 1.52. The third-order valence-electron chi connectivity index (χ3n) is 3.90. The van der Waals surface area contributed by atoms with Gasteiger partial charge in [-0.15, -0.1) is 0 Å². The lowest BCUT2D eigenvalue weighted by Crippen LogP contribution is -2.21. The van der Waals surface area contributed by atoms with Gasteiger partial charge in [0.2, 0.25) is 0 Å². The molecular formula is C15H27N5O. The van der Waals surface area contributed by atoms with Crippen LogP contribution >= 0.6 is 0 Å². The molecule has 0 aliphatic heterocycles. The summed E-state index contributed by atoms with van der Waals surface area (Å²) in [6.07, 6.45) is 10.1. The van der Waals surface area contributed by atoms with E-state index in [-0.39, 0.29) is 0 Å². The molecule has 1 aromatic heterocycles. The molecule has 0 aromatic carbocycles. The Morgan fingerprint density at radius 1 is 1.19 bits per heavy atom. The molecule has 4 N–H and O–H groups in total. The van der Waals surface area contributed by atoms with Crippen LogP contribution in [0.3, 0.4) is 0 Å². The minimum absolute atomic E-state index is 0.478. The minimum atomic E-state index is 0.478. The molecule has 0 amide bonds. The number of hydrogen-bond acceptors (Lipinski definition) is 6. The quantitative estimate of drug-likeness (QED) is 0.529. The highest BCUT2D eigenvalue weighted by Crippen LogP contribution is 2.26. The van der Waals surface area contributed by atoms with Gasteiger partial charge in [0.25, 0.3) is 0 Å². The Bertz CT molecular complexity index is 419. The van der Waals surface area contributed by atoms with Gasteiger partial charge in [0.05, 0.1) is 0 Å². The molecule has 0 saturated heterocycles. The molecule has 0 bridgehead atoms. The zero-order chi connectivity index (χ0) is 14.9. The number of nitrogen functional groups attached to an aromatic ring is 1. The minimum Gasteiger partial charge on any atom is -0.393 e. The van der Waals surface area contributed by atoms with Crippen molar-refractivity contribution in [2.45, 2.75) is 51.0 Å². The molecule has 1 fully saturated rings. The van der Waals surface area contributed by atoms with E-state index >= 15 is 0 Å². The predicted molar refractivity (Wildman–Crippen MR) is 86.5 cm³/mol. The van der Waals surface area contributed by atoms with E-state index in [0.717, 1.165) is 25.4 Å². The first-order valence-corrected chi connectivity index (χ1v) is 7.91. The van der Waals surface area contributed by atoms with Gasteiger partial charge in [-0.3, -0.25) is 0 Å². The summed E-state index contributed by atoms with van der Waals surface area (Å²) in [6, 6.07) is 0.478. The molecule has 6 heteroatoms. The van der Waals surface area contributed by atoms with Crippen LogP contribution in [0.5, 0.6) is 0 Å². The third kappa shape index (κ3) is 5.04. The molecule has 0 spiro atoms. The monoisotopic (exact) mass is 293 g/mol. The van der Waals surface area contributed by atoms with Gasteiger partial charge in [-0.2, -0.15) is 0 Å². The maximum Gasteiger partial charge on any atom is 0.155 e. The van der Waals surface area contributed by atoms with Crippen LogP contribution in [-0.2, 0) is 4.74 Å². The van der Waals surface area contributed by atoms with Crippen molar-refractivity contribution >= 4 is 17.3 Å². The van der Waals surface area contributed by atoms with Crippen LogP contribution in [-0.4, -0.2) is 36.3 Å². The van der Waals surface area contributed by atoms with E-state index in [1.54, 1.807) is 13.4 Å². The Balaban J connectivity index is 1.92. The summed E-state index contributed by atoms with van der Waals surface area (Å²) >= 11 is 0. The lowest BCUT2D eigenvalue weighted by Gasteiger charge is -2.19. The molecule has 2 rings (SSSR count). The lowest BCUT2D eigenvalue weighted by atomic mass is 10.1. The van der Waals surface area contributed by atoms with E-state index in [0.29, 0.717) is 17.5 Å². The summed E-state index contributed by atoms with van der Waals surface area (Å²) in [4.78, 5) is 8.52. The Kier molecular flexibility index (Phi) is 6.53. The van der Waals surface area contributed by atoms with Gasteiger partial charge in [-0.1, -0.05) is 25.7 Å². The molecule has 0 atom stereocenters. The van der Waals surface area contributed by atoms with Gasteiger partial charge in [-0.25, -0.2) is 9.97 Å². The van der Waals surface area contributed by atoms with Crippen LogP contribution in [0.25, 0.3) is 0 Å². The summed E-state index contributed by atoms with van der Waals surface area (Å²) in [5.74, 6) is 1.46. The largest absolute Gasteiger partial charge is 0.393 e. The average molecular weight is 293 g/mol. The van der Waals surface area contributed by atoms with E-state index < -0.39 is 0 Å². The molecule has 0 radical (unpaired) electrons. The fraction of sp³-hybridized carbons (Fsp3) is 0.733. The number of anilines is 3. The number of aromatic nitrogens is 2. The number of nitrogens with zero attached hydrogens (tertiary/aromatic N) is 2. The summed E-state index contributed by atoms with van der Waals surface area (Å²) in [7, 11) is 1.70. The Morgan fingerprint density at radius 2 is 1.90 bits per heavy atom. The topological polar surface area (TPSA) is 85.1 Å². The summed E-state index contributed by atoms with van der Waals surface area (Å²) in [5.41, 5.74) is 6.78. The van der Waals surface area contributed by atoms with Crippen LogP contribution in [0.1, 0.15) is 44.9 Å². The van der Waals surface area contributed by atoms with E-state index in [1.807, 2.05) is 0 Å². The molecule has 21 heavy (non-hydrogen) atoms. The van der Waals surface area contributed by atoms with Crippen molar-refractivity contribution in [1.29, 1.82) is 0 Å². The van der Waals surface area contributed by atoms with Gasteiger partial charge in [0.1, 0.15) is 12.0 Å². The molecule has 1 saturated carbocycles. The van der Waals surface area contributed by atoms with E-state index in [9.17, 15) is 0 Å². The Hall–Kier alpha value is -1.56. The molecule has 1 aromatic rings. The predicted octanol–water partition coefficient (Wildman–Crippen LogP) is 2.64. The molecule has 1 aliphatic carbocycles. The van der Waals surface area contributed by atoms with Crippen molar-refractivity contribution in [3.05, 3.63) is 6.33 Å². The number of methoxy groups -OCH3 is 1. The van der Waals surface area contributed by atoms with Crippen LogP contribution in [0.15, 0.2) is 6.33 Å². The zero-order valence-electron chi connectivity index (χ0n) is 12.9. The van der Waals surface area contributed by atoms with Gasteiger partial charge in [0.15, 0.2) is 11.6 Å². The summed E-state index contributed by atoms with van der Waals surface area (Å²) < 4.78 is 5.03. The molecule has 6 nitrogen and oxygen atoms in total. The molecular weight excluding hydrogens is 266 g/mol. The van der Waals surface area contributed by atoms with Crippen LogP contribution in [0.4, 0.5) is 17.3 Å². The normalized spacial score (nSPS) is 16.4. The number of rotatable bonds is 7. The second-order valence-electron chi connectivity index (χ2n) is 5.59. The first kappa shape index (κ1) is 15.8. The zero-order valence-corrected chi connectivity index (χ0v) is 12.9. The van der Waals surface area contributed by atoms with E-state index in [2.05, 4.69) is 20.6 Å². The lowest BCUT2D eigenvalue weighted by molar-refractivity contribution is 0.198. The second-order valence-corrected chi connectivity index (χ2v) is 5.59. The number of nitrogens with one attached hydrogen (secondary N) is 2. The first-order chi connectivity index (χ1) is 10.3. The molecule has 118 valence electrons. The van der Waals surface area contributed by atoms with Crippen molar-refractivity contribution in [1.82, 2.24) is 9.97 Å². The average Bonchev–Trinajstić information content (AvgIpc) is 2.76. The fourth-order valence-electron chi connectivity index (χ4n) is 2.69. The van der Waals surface area contributed by atoms with E-state index in [1.165, 1.54) is 38.5 Å². The van der Waals surface area contributed by atoms with Gasteiger partial charge in [0, 0.05) is 26.3 Å². The number of hydrogen-bond donors (Lipinski definition) is 3. The maximum absolute atomic E-state index is 6.17. The highest BCUT2D eigenvalue weighted by atomic mass is 16.5. The van der Waals surface area contributed by atoms with Crippen molar-refractivity contribution in [2.75, 3.05) is 36.6 Å². The van der Waals surface area contributed by atoms with Crippen molar-refractivity contribution in [3.63, 3.8) is 0 Å². The maximum atomic E-state index is 6.17. The Morgan fingerprint density at radius 3 is 2.62 bits per heavy atom. The van der Waals surface area contributed by atoms with Crippen molar-refractivity contribution < 1.29 is 4.74 Å². The van der Waals surface area contributed by atoms with Gasteiger partial charge >= 0.3 is 0 Å². The van der Waals surface area contributed by atoms with Crippen LogP contribution < -0.4 is 16.4 Å². The smallest absolute Gasteiger partial charge is 0.155 e. The summed E-state index contributed by atoms with van der Waals surface area (Å²) in [5, 5.41) is 6.73. The molecule has 0 unspecified atom stereocenters. The highest BCUT2D eigenvalue weighted by molar-refractivity contribution is 5.74. The highest BCUT2D eigenvalue weighted by Gasteiger charge is 2.15. The van der Waals surface area contributed by atoms with Crippen LogP contribution in [0, 0.1) is 0 Å². The standard InChI is InChI=1S/C15H27N5O/c1-21-10-6-9-17-14-13(16)15(19-11-18-14)20-12-7-4-2-3-5-8-12/h11-12H,2-10,16H2,1H3,(H2,17,18,19,20). The number of ether oxygens (including phenoxy) is 1. The van der Waals surface area contributed by atoms with Crippen molar-refractivity contribution in [3.8, 4) is 0 Å². The second kappa shape index (κ2) is 8.67. The third-order valence-corrected chi connectivity index (χ3v) is 3.90. The first-order valence-electron chi connectivity index (χ1n) is 7.91. The Labute approximate surface area is 126 Å². The SMILES string of the molecule is COCCCNc1ncnc(NC2CCCCCC2)c1N. The van der Waals surface area contributed by atoms with Crippen molar-refractivity contribution in [2.24, 2.45) is 0 Å². The van der Waals surface area contributed by atoms with Gasteiger partial charge < -0.3 is 21.1 Å². The molecule has 1 heterocycles. The molecule has 1 aliphatic rings. The van der Waals surface area contributed by atoms with Gasteiger partial charge in [-0.05, 0) is 19.3 Å².